The standard InChI is InChI=1S/C28H33N5O/c34-28(26-10-7-15-29-27(26)33-16-5-2-6-17-33)30-24-11-13-25(14-12-24)32-20-18-31(19-21-32)22-23-8-3-1-4-9-23/h1,3-4,7-15H,2,5-6,16-22H2,(H,30,34). The molecule has 0 aliphatic carbocycles. The molecule has 0 bridgehead atoms. The number of nitrogens with zero attached hydrogens (tertiary/aromatic N) is 4. The minimum absolute atomic E-state index is 0.101. The lowest BCUT2D eigenvalue weighted by atomic mass is 10.1. The Hall–Kier alpha value is -3.38. The van der Waals surface area contributed by atoms with Crippen molar-refractivity contribution in [3.05, 3.63) is 84.1 Å². The van der Waals surface area contributed by atoms with Crippen molar-refractivity contribution in [1.29, 1.82) is 0 Å². The van der Waals surface area contributed by atoms with Crippen molar-refractivity contribution in [2.75, 3.05) is 54.4 Å². The highest BCUT2D eigenvalue weighted by Gasteiger charge is 2.20. The Morgan fingerprint density at radius 2 is 1.50 bits per heavy atom. The van der Waals surface area contributed by atoms with E-state index in [0.717, 1.165) is 70.2 Å². The Morgan fingerprint density at radius 1 is 0.765 bits per heavy atom. The topological polar surface area (TPSA) is 51.7 Å². The van der Waals surface area contributed by atoms with E-state index in [1.165, 1.54) is 17.7 Å². The number of aromatic nitrogens is 1. The quantitative estimate of drug-likeness (QED) is 0.587. The molecular formula is C28H33N5O. The van der Waals surface area contributed by atoms with Crippen molar-refractivity contribution in [1.82, 2.24) is 9.88 Å². The van der Waals surface area contributed by atoms with Gasteiger partial charge in [-0.25, -0.2) is 4.98 Å². The molecule has 0 unspecified atom stereocenters. The second-order valence-electron chi connectivity index (χ2n) is 9.17. The average molecular weight is 456 g/mol. The Bertz CT molecular complexity index is 1070. The molecule has 0 saturated carbocycles. The molecule has 1 aromatic heterocycles. The maximum atomic E-state index is 13.1. The molecule has 3 heterocycles. The zero-order chi connectivity index (χ0) is 23.2. The third kappa shape index (κ3) is 5.39. The lowest BCUT2D eigenvalue weighted by Crippen LogP contribution is -2.45. The van der Waals surface area contributed by atoms with Gasteiger partial charge in [-0.15, -0.1) is 0 Å². The van der Waals surface area contributed by atoms with Crippen LogP contribution in [0.3, 0.4) is 0 Å². The van der Waals surface area contributed by atoms with Gasteiger partial charge in [0, 0.05) is 63.4 Å². The van der Waals surface area contributed by atoms with Gasteiger partial charge in [-0.2, -0.15) is 0 Å². The van der Waals surface area contributed by atoms with Crippen LogP contribution >= 0.6 is 0 Å². The van der Waals surface area contributed by atoms with Gasteiger partial charge in [0.25, 0.3) is 5.91 Å². The third-order valence-corrected chi connectivity index (χ3v) is 6.80. The van der Waals surface area contributed by atoms with Crippen LogP contribution in [0.1, 0.15) is 35.2 Å². The van der Waals surface area contributed by atoms with Crippen LogP contribution in [0, 0.1) is 0 Å². The summed E-state index contributed by atoms with van der Waals surface area (Å²) in [4.78, 5) is 24.7. The van der Waals surface area contributed by atoms with Crippen molar-refractivity contribution in [2.45, 2.75) is 25.8 Å². The number of rotatable bonds is 6. The molecule has 6 heteroatoms. The molecule has 0 spiro atoms. The molecule has 6 nitrogen and oxygen atoms in total. The lowest BCUT2D eigenvalue weighted by Gasteiger charge is -2.36. The highest BCUT2D eigenvalue weighted by molar-refractivity contribution is 6.07. The summed E-state index contributed by atoms with van der Waals surface area (Å²) >= 11 is 0. The van der Waals surface area contributed by atoms with E-state index in [0.29, 0.717) is 5.56 Å². The number of hydrogen-bond acceptors (Lipinski definition) is 5. The molecule has 2 aliphatic rings. The van der Waals surface area contributed by atoms with E-state index in [2.05, 4.69) is 67.5 Å². The number of nitrogens with one attached hydrogen (secondary N) is 1. The Labute approximate surface area is 202 Å². The number of amides is 1. The smallest absolute Gasteiger partial charge is 0.259 e. The van der Waals surface area contributed by atoms with E-state index in [1.807, 2.05) is 24.3 Å². The van der Waals surface area contributed by atoms with Crippen molar-refractivity contribution in [2.24, 2.45) is 0 Å². The molecule has 176 valence electrons. The Morgan fingerprint density at radius 3 is 2.24 bits per heavy atom. The van der Waals surface area contributed by atoms with Gasteiger partial charge in [-0.3, -0.25) is 9.69 Å². The summed E-state index contributed by atoms with van der Waals surface area (Å²) in [6.45, 7) is 7.05. The van der Waals surface area contributed by atoms with Gasteiger partial charge in [0.15, 0.2) is 0 Å². The van der Waals surface area contributed by atoms with Crippen LogP contribution in [0.25, 0.3) is 0 Å². The van der Waals surface area contributed by atoms with Gasteiger partial charge in [0.05, 0.1) is 5.56 Å². The van der Waals surface area contributed by atoms with Crippen molar-refractivity contribution >= 4 is 23.1 Å². The number of pyridine rings is 1. The van der Waals surface area contributed by atoms with E-state index >= 15 is 0 Å². The van der Waals surface area contributed by atoms with Crippen molar-refractivity contribution < 1.29 is 4.79 Å². The molecule has 2 aromatic carbocycles. The van der Waals surface area contributed by atoms with Gasteiger partial charge in [0.2, 0.25) is 0 Å². The fraction of sp³-hybridized carbons (Fsp3) is 0.357. The van der Waals surface area contributed by atoms with Gasteiger partial charge >= 0.3 is 0 Å². The van der Waals surface area contributed by atoms with E-state index in [9.17, 15) is 4.79 Å². The molecule has 3 aromatic rings. The van der Waals surface area contributed by atoms with Crippen LogP contribution in [-0.2, 0) is 6.54 Å². The first-order chi connectivity index (χ1) is 16.8. The summed E-state index contributed by atoms with van der Waals surface area (Å²) in [6.07, 6.45) is 5.33. The normalized spacial score (nSPS) is 16.9. The molecule has 2 saturated heterocycles. The van der Waals surface area contributed by atoms with E-state index in [1.54, 1.807) is 6.20 Å². The highest BCUT2D eigenvalue weighted by atomic mass is 16.1. The number of piperidine rings is 1. The molecular weight excluding hydrogens is 422 g/mol. The minimum atomic E-state index is -0.101. The molecule has 34 heavy (non-hydrogen) atoms. The minimum Gasteiger partial charge on any atom is -0.369 e. The second kappa shape index (κ2) is 10.7. The molecule has 1 amide bonds. The van der Waals surface area contributed by atoms with Crippen LogP contribution in [0.5, 0.6) is 0 Å². The number of benzene rings is 2. The zero-order valence-corrected chi connectivity index (χ0v) is 19.7. The van der Waals surface area contributed by atoms with Gasteiger partial charge in [-0.1, -0.05) is 30.3 Å². The van der Waals surface area contributed by atoms with Crippen molar-refractivity contribution in [3.8, 4) is 0 Å². The predicted molar refractivity (Wildman–Crippen MR) is 139 cm³/mol. The monoisotopic (exact) mass is 455 g/mol. The molecule has 0 atom stereocenters. The summed E-state index contributed by atoms with van der Waals surface area (Å²) < 4.78 is 0. The third-order valence-electron chi connectivity index (χ3n) is 6.80. The SMILES string of the molecule is O=C(Nc1ccc(N2CCN(Cc3ccccc3)CC2)cc1)c1cccnc1N1CCCCC1. The second-order valence-corrected chi connectivity index (χ2v) is 9.17. The number of piperazine rings is 1. The van der Waals surface area contributed by atoms with Gasteiger partial charge in [0.1, 0.15) is 5.82 Å². The average Bonchev–Trinajstić information content (AvgIpc) is 2.91. The fourth-order valence-electron chi connectivity index (χ4n) is 4.89. The van der Waals surface area contributed by atoms with Gasteiger partial charge in [-0.05, 0) is 61.2 Å². The van der Waals surface area contributed by atoms with Crippen LogP contribution in [-0.4, -0.2) is 55.1 Å². The maximum absolute atomic E-state index is 13.1. The van der Waals surface area contributed by atoms with E-state index < -0.39 is 0 Å². The largest absolute Gasteiger partial charge is 0.369 e. The molecule has 2 aliphatic heterocycles. The fourth-order valence-corrected chi connectivity index (χ4v) is 4.89. The van der Waals surface area contributed by atoms with E-state index in [4.69, 9.17) is 0 Å². The Balaban J connectivity index is 1.17. The summed E-state index contributed by atoms with van der Waals surface area (Å²) in [5, 5.41) is 3.07. The zero-order valence-electron chi connectivity index (χ0n) is 19.7. The number of hydrogen-bond donors (Lipinski definition) is 1. The first-order valence-electron chi connectivity index (χ1n) is 12.4. The van der Waals surface area contributed by atoms with Crippen LogP contribution in [0.4, 0.5) is 17.2 Å². The highest BCUT2D eigenvalue weighted by Crippen LogP contribution is 2.24. The van der Waals surface area contributed by atoms with Crippen LogP contribution < -0.4 is 15.1 Å². The number of carbonyl (C=O) groups excluding carboxylic acids is 1. The van der Waals surface area contributed by atoms with Crippen molar-refractivity contribution in [3.63, 3.8) is 0 Å². The molecule has 1 N–H and O–H groups in total. The Kier molecular flexibility index (Phi) is 7.05. The first kappa shape index (κ1) is 22.4. The summed E-state index contributed by atoms with van der Waals surface area (Å²) in [6, 6.07) is 22.6. The molecule has 2 fully saturated rings. The van der Waals surface area contributed by atoms with Crippen LogP contribution in [0.2, 0.25) is 0 Å². The number of anilines is 3. The predicted octanol–water partition coefficient (Wildman–Crippen LogP) is 4.65. The van der Waals surface area contributed by atoms with Crippen LogP contribution in [0.15, 0.2) is 72.9 Å². The first-order valence-corrected chi connectivity index (χ1v) is 12.4. The molecule has 0 radical (unpaired) electrons. The summed E-state index contributed by atoms with van der Waals surface area (Å²) in [5.41, 5.74) is 4.02. The number of carbonyl (C=O) groups is 1. The summed E-state index contributed by atoms with van der Waals surface area (Å²) in [7, 11) is 0. The molecule has 5 rings (SSSR count). The summed E-state index contributed by atoms with van der Waals surface area (Å²) in [5.74, 6) is 0.695. The van der Waals surface area contributed by atoms with Gasteiger partial charge < -0.3 is 15.1 Å². The van der Waals surface area contributed by atoms with E-state index in [-0.39, 0.29) is 5.91 Å². The maximum Gasteiger partial charge on any atom is 0.259 e. The lowest BCUT2D eigenvalue weighted by molar-refractivity contribution is 0.102.